The zero-order chi connectivity index (χ0) is 20.4. The molecule has 2 N–H and O–H groups in total. The molecule has 0 fully saturated rings. The van der Waals surface area contributed by atoms with Crippen LogP contribution in [0.25, 0.3) is 0 Å². The molecule has 0 spiro atoms. The molecule has 1 aliphatic heterocycles. The van der Waals surface area contributed by atoms with Crippen molar-refractivity contribution in [2.45, 2.75) is 6.36 Å². The van der Waals surface area contributed by atoms with Crippen LogP contribution in [0.1, 0.15) is 0 Å². The van der Waals surface area contributed by atoms with Gasteiger partial charge in [0.05, 0.1) is 31.5 Å². The lowest BCUT2D eigenvalue weighted by Gasteiger charge is -2.17. The maximum Gasteiger partial charge on any atom is 0.573 e. The number of nitrogens with one attached hydrogen (secondary N) is 1. The molecule has 27 heavy (non-hydrogen) atoms. The average Bonchev–Trinajstić information content (AvgIpc) is 2.86. The van der Waals surface area contributed by atoms with Gasteiger partial charge in [-0.25, -0.2) is 9.18 Å². The number of anilines is 1. The number of aliphatic hydroxyl groups excluding tert-OH is 1. The highest BCUT2D eigenvalue weighted by atomic mass is 79.9. The van der Waals surface area contributed by atoms with Gasteiger partial charge in [0.1, 0.15) is 5.70 Å². The molecule has 0 saturated heterocycles. The largest absolute Gasteiger partial charge is 0.573 e. The van der Waals surface area contributed by atoms with Gasteiger partial charge in [0.15, 0.2) is 11.6 Å². The summed E-state index contributed by atoms with van der Waals surface area (Å²) in [5.74, 6) is -4.22. The molecular formula is C15H13BrF4N2O5. The first kappa shape index (κ1) is 21.0. The minimum Gasteiger partial charge on any atom is -0.466 e. The molecular weight excluding hydrogens is 444 g/mol. The molecule has 1 amide bonds. The Bertz CT molecular complexity index is 797. The van der Waals surface area contributed by atoms with Gasteiger partial charge in [-0.2, -0.15) is 0 Å². The number of ether oxygens (including phenoxy) is 2. The van der Waals surface area contributed by atoms with Crippen LogP contribution in [0.5, 0.6) is 5.75 Å². The summed E-state index contributed by atoms with van der Waals surface area (Å²) in [6, 6.07) is 1.80. The molecule has 0 unspecified atom stereocenters. The Morgan fingerprint density at radius 3 is 2.63 bits per heavy atom. The maximum absolute atomic E-state index is 14.0. The van der Waals surface area contributed by atoms with Crippen LogP contribution in [0.4, 0.5) is 23.2 Å². The summed E-state index contributed by atoms with van der Waals surface area (Å²) in [4.78, 5) is 25.4. The number of nitrogens with zero attached hydrogens (tertiary/aromatic N) is 1. The predicted molar refractivity (Wildman–Crippen MR) is 87.1 cm³/mol. The number of alkyl halides is 3. The minimum atomic E-state index is -5.19. The minimum absolute atomic E-state index is 0.0647. The number of amides is 1. The maximum atomic E-state index is 14.0. The van der Waals surface area contributed by atoms with Crippen molar-refractivity contribution in [2.24, 2.45) is 0 Å². The lowest BCUT2D eigenvalue weighted by Crippen LogP contribution is -2.31. The highest BCUT2D eigenvalue weighted by molar-refractivity contribution is 9.10. The molecule has 1 aromatic rings. The number of aliphatic hydroxyl groups is 1. The van der Waals surface area contributed by atoms with Crippen molar-refractivity contribution >= 4 is 33.5 Å². The second-order valence-electron chi connectivity index (χ2n) is 5.23. The van der Waals surface area contributed by atoms with E-state index in [0.29, 0.717) is 0 Å². The Hall–Kier alpha value is -2.34. The second-order valence-corrected chi connectivity index (χ2v) is 6.15. The fourth-order valence-corrected chi connectivity index (χ4v) is 2.79. The first-order chi connectivity index (χ1) is 12.6. The molecule has 2 rings (SSSR count). The second kappa shape index (κ2) is 8.13. The molecule has 148 valence electrons. The number of halogens is 5. The first-order valence-corrected chi connectivity index (χ1v) is 8.10. The third-order valence-corrected chi connectivity index (χ3v) is 3.90. The Labute approximate surface area is 158 Å². The summed E-state index contributed by atoms with van der Waals surface area (Å²) in [5.41, 5.74) is -1.12. The van der Waals surface area contributed by atoms with Gasteiger partial charge in [0, 0.05) is 11.0 Å². The van der Waals surface area contributed by atoms with Crippen molar-refractivity contribution < 1.29 is 41.7 Å². The third kappa shape index (κ3) is 4.89. The number of carbonyl (C=O) groups excluding carboxylic acids is 2. The molecule has 0 saturated carbocycles. The van der Waals surface area contributed by atoms with Gasteiger partial charge in [-0.3, -0.25) is 4.79 Å². The summed E-state index contributed by atoms with van der Waals surface area (Å²) in [6.07, 6.45) is -5.19. The number of methoxy groups -OCH3 is 1. The zero-order valence-corrected chi connectivity index (χ0v) is 15.3. The molecule has 0 aromatic heterocycles. The fourth-order valence-electron chi connectivity index (χ4n) is 2.36. The molecule has 0 radical (unpaired) electrons. The molecule has 12 heteroatoms. The molecule has 1 heterocycles. The van der Waals surface area contributed by atoms with Crippen molar-refractivity contribution in [1.82, 2.24) is 4.90 Å². The van der Waals surface area contributed by atoms with Crippen LogP contribution in [0.2, 0.25) is 0 Å². The average molecular weight is 457 g/mol. The van der Waals surface area contributed by atoms with E-state index in [1.807, 2.05) is 0 Å². The SMILES string of the molecule is COC(=O)C1=C(Nc2cc(Br)cc(F)c2OC(F)(F)F)C(=O)N(CCO)C1. The van der Waals surface area contributed by atoms with Crippen molar-refractivity contribution in [3.63, 3.8) is 0 Å². The number of carbonyl (C=O) groups is 2. The molecule has 0 atom stereocenters. The third-order valence-electron chi connectivity index (χ3n) is 3.44. The standard InChI is InChI=1S/C15H13BrF4N2O5/c1-26-14(25)8-6-22(2-3-23)13(24)11(8)21-10-5-7(16)4-9(17)12(10)27-15(18,19)20/h4-5,21,23H,2-3,6H2,1H3. The molecule has 0 aliphatic carbocycles. The van der Waals surface area contributed by atoms with Crippen molar-refractivity contribution in [3.05, 3.63) is 33.7 Å². The van der Waals surface area contributed by atoms with Crippen LogP contribution in [0.3, 0.4) is 0 Å². The Kier molecular flexibility index (Phi) is 6.31. The lowest BCUT2D eigenvalue weighted by molar-refractivity contribution is -0.275. The predicted octanol–water partition coefficient (Wildman–Crippen LogP) is 2.16. The van der Waals surface area contributed by atoms with Gasteiger partial charge in [0.2, 0.25) is 0 Å². The quantitative estimate of drug-likeness (QED) is 0.503. The van der Waals surface area contributed by atoms with Gasteiger partial charge in [-0.1, -0.05) is 15.9 Å². The number of β-amino-alcohol motifs (C(OH)–C–C–N with tert-alkyl or cyclic N) is 1. The van der Waals surface area contributed by atoms with Crippen LogP contribution in [0, 0.1) is 5.82 Å². The van der Waals surface area contributed by atoms with E-state index in [4.69, 9.17) is 5.11 Å². The first-order valence-electron chi connectivity index (χ1n) is 7.30. The molecule has 7 nitrogen and oxygen atoms in total. The van der Waals surface area contributed by atoms with Gasteiger partial charge in [-0.05, 0) is 12.1 Å². The van der Waals surface area contributed by atoms with Gasteiger partial charge < -0.3 is 24.8 Å². The molecule has 1 aromatic carbocycles. The van der Waals surface area contributed by atoms with E-state index in [9.17, 15) is 27.2 Å². The number of rotatable bonds is 6. The zero-order valence-electron chi connectivity index (χ0n) is 13.7. The van der Waals surface area contributed by atoms with Crippen molar-refractivity contribution in [1.29, 1.82) is 0 Å². The van der Waals surface area contributed by atoms with E-state index >= 15 is 0 Å². The normalized spacial score (nSPS) is 14.6. The van der Waals surface area contributed by atoms with Gasteiger partial charge in [0.25, 0.3) is 5.91 Å². The monoisotopic (exact) mass is 456 g/mol. The van der Waals surface area contributed by atoms with E-state index in [0.717, 1.165) is 24.1 Å². The van der Waals surface area contributed by atoms with Crippen LogP contribution < -0.4 is 10.1 Å². The van der Waals surface area contributed by atoms with Crippen molar-refractivity contribution in [3.8, 4) is 5.75 Å². The van der Waals surface area contributed by atoms with Crippen molar-refractivity contribution in [2.75, 3.05) is 32.1 Å². The highest BCUT2D eigenvalue weighted by Crippen LogP contribution is 2.37. The number of hydrogen-bond donors (Lipinski definition) is 2. The topological polar surface area (TPSA) is 88.1 Å². The van der Waals surface area contributed by atoms with E-state index in [1.54, 1.807) is 0 Å². The van der Waals surface area contributed by atoms with Crippen LogP contribution in [-0.4, -0.2) is 55.1 Å². The van der Waals surface area contributed by atoms with E-state index in [1.165, 1.54) is 0 Å². The van der Waals surface area contributed by atoms with E-state index < -0.39 is 47.8 Å². The number of hydrogen-bond acceptors (Lipinski definition) is 6. The fraction of sp³-hybridized carbons (Fsp3) is 0.333. The van der Waals surface area contributed by atoms with E-state index in [2.05, 4.69) is 30.7 Å². The molecule has 0 bridgehead atoms. The van der Waals surface area contributed by atoms with Crippen LogP contribution >= 0.6 is 15.9 Å². The summed E-state index contributed by atoms with van der Waals surface area (Å²) >= 11 is 2.93. The Balaban J connectivity index is 2.49. The summed E-state index contributed by atoms with van der Waals surface area (Å²) in [5, 5.41) is 11.3. The van der Waals surface area contributed by atoms with Gasteiger partial charge in [-0.15, -0.1) is 13.2 Å². The van der Waals surface area contributed by atoms with Gasteiger partial charge >= 0.3 is 12.3 Å². The molecule has 1 aliphatic rings. The Morgan fingerprint density at radius 1 is 1.41 bits per heavy atom. The van der Waals surface area contributed by atoms with Crippen LogP contribution in [-0.2, 0) is 14.3 Å². The van der Waals surface area contributed by atoms with E-state index in [-0.39, 0.29) is 23.1 Å². The summed E-state index contributed by atoms with van der Waals surface area (Å²) in [6.45, 7) is -0.759. The van der Waals surface area contributed by atoms with Crippen LogP contribution in [0.15, 0.2) is 27.9 Å². The number of benzene rings is 1. The highest BCUT2D eigenvalue weighted by Gasteiger charge is 2.37. The number of esters is 1. The Morgan fingerprint density at radius 2 is 2.07 bits per heavy atom. The summed E-state index contributed by atoms with van der Waals surface area (Å²) < 4.78 is 60.1. The lowest BCUT2D eigenvalue weighted by atomic mass is 10.2. The summed E-state index contributed by atoms with van der Waals surface area (Å²) in [7, 11) is 1.06. The smallest absolute Gasteiger partial charge is 0.466 e.